The molecule has 1 amide bonds. The van der Waals surface area contributed by atoms with Gasteiger partial charge in [-0.15, -0.1) is 0 Å². The summed E-state index contributed by atoms with van der Waals surface area (Å²) in [4.78, 5) is 29.6. The van der Waals surface area contributed by atoms with Gasteiger partial charge in [-0.2, -0.15) is 10.4 Å². The van der Waals surface area contributed by atoms with Crippen LogP contribution in [0.2, 0.25) is 0 Å². The second kappa shape index (κ2) is 10.5. The summed E-state index contributed by atoms with van der Waals surface area (Å²) in [6.45, 7) is 0.929. The first-order chi connectivity index (χ1) is 19.5. The highest BCUT2D eigenvalue weighted by Gasteiger charge is 2.25. The smallest absolute Gasteiger partial charge is 0.237 e. The van der Waals surface area contributed by atoms with Crippen LogP contribution in [0.25, 0.3) is 28.3 Å². The zero-order valence-electron chi connectivity index (χ0n) is 21.2. The summed E-state index contributed by atoms with van der Waals surface area (Å²) < 4.78 is 16.7. The Morgan fingerprint density at radius 1 is 1.20 bits per heavy atom. The van der Waals surface area contributed by atoms with Gasteiger partial charge in [0, 0.05) is 31.3 Å². The van der Waals surface area contributed by atoms with Crippen molar-refractivity contribution in [1.82, 2.24) is 40.2 Å². The number of hydrogen-bond donors (Lipinski definition) is 3. The second-order valence-corrected chi connectivity index (χ2v) is 9.31. The van der Waals surface area contributed by atoms with Gasteiger partial charge in [-0.25, -0.2) is 28.8 Å². The number of hydrogen-bond acceptors (Lipinski definition) is 9. The molecule has 0 spiro atoms. The molecule has 40 heavy (non-hydrogen) atoms. The second-order valence-electron chi connectivity index (χ2n) is 9.31. The minimum Gasteiger partial charge on any atom is -0.381 e. The molecular formula is C28H23FN10O. The molecule has 1 atom stereocenters. The van der Waals surface area contributed by atoms with E-state index in [-0.39, 0.29) is 24.2 Å². The number of nitriles is 1. The first-order valence-corrected chi connectivity index (χ1v) is 12.6. The molecule has 0 aliphatic carbocycles. The Labute approximate surface area is 227 Å². The number of carbonyl (C=O) groups excluding carboxylic acids is 1. The van der Waals surface area contributed by atoms with E-state index in [9.17, 15) is 10.1 Å². The van der Waals surface area contributed by atoms with Crippen LogP contribution >= 0.6 is 0 Å². The number of fused-ring (bicyclic) bond motifs is 1. The molecule has 12 heteroatoms. The van der Waals surface area contributed by atoms with Gasteiger partial charge >= 0.3 is 0 Å². The van der Waals surface area contributed by atoms with Crippen molar-refractivity contribution in [2.24, 2.45) is 0 Å². The average Bonchev–Trinajstić information content (AvgIpc) is 3.59. The Balaban J connectivity index is 1.44. The third kappa shape index (κ3) is 4.70. The van der Waals surface area contributed by atoms with Gasteiger partial charge in [-0.05, 0) is 41.8 Å². The maximum absolute atomic E-state index is 15.1. The first kappa shape index (κ1) is 25.0. The fourth-order valence-corrected chi connectivity index (χ4v) is 4.82. The van der Waals surface area contributed by atoms with E-state index in [1.54, 1.807) is 41.0 Å². The van der Waals surface area contributed by atoms with Crippen molar-refractivity contribution in [2.75, 3.05) is 12.3 Å². The summed E-state index contributed by atoms with van der Waals surface area (Å²) in [7, 11) is 0. The van der Waals surface area contributed by atoms with Crippen LogP contribution in [0.15, 0.2) is 61.1 Å². The van der Waals surface area contributed by atoms with Crippen molar-refractivity contribution >= 4 is 17.4 Å². The number of nitrogen functional groups attached to an aromatic ring is 1. The highest BCUT2D eigenvalue weighted by Crippen LogP contribution is 2.32. The fraction of sp³-hybridized carbons (Fsp3) is 0.179. The Kier molecular flexibility index (Phi) is 6.55. The van der Waals surface area contributed by atoms with Crippen LogP contribution in [0.4, 0.5) is 10.2 Å². The number of nitrogens with zero attached hydrogens (tertiary/aromatic N) is 7. The monoisotopic (exact) mass is 534 g/mol. The minimum atomic E-state index is -0.398. The predicted molar refractivity (Wildman–Crippen MR) is 144 cm³/mol. The van der Waals surface area contributed by atoms with Crippen LogP contribution in [-0.2, 0) is 17.8 Å². The molecule has 5 aromatic rings. The number of nitrogens with one attached hydrogen (secondary N) is 2. The summed E-state index contributed by atoms with van der Waals surface area (Å²) in [6, 6.07) is 15.4. The van der Waals surface area contributed by atoms with Crippen LogP contribution in [0, 0.1) is 17.1 Å². The normalized spacial score (nSPS) is 14.8. The molecular weight excluding hydrogens is 511 g/mol. The molecule has 4 heterocycles. The number of aromatic nitrogens is 6. The molecule has 0 bridgehead atoms. The van der Waals surface area contributed by atoms with Crippen molar-refractivity contribution in [3.8, 4) is 28.7 Å². The van der Waals surface area contributed by atoms with E-state index in [1.165, 1.54) is 12.4 Å². The standard InChI is InChI=1S/C28H23FN10O/c29-20-6-2-5-18(14-34-22-8-10-33-28(22)40)19(20)12-23-36-27-26(31)37-24(17-4-1-3-16(11-17)13-30)25(39(27)38-23)21-7-9-32-15-35-21/h1-7,9,11,15,22,34H,8,10,12,14H2,(H2,31,37)(H,33,40)/t22-/m0/s1. The number of benzene rings is 2. The number of anilines is 1. The van der Waals surface area contributed by atoms with E-state index in [1.807, 2.05) is 12.1 Å². The Morgan fingerprint density at radius 2 is 2.08 bits per heavy atom. The van der Waals surface area contributed by atoms with Gasteiger partial charge in [0.25, 0.3) is 0 Å². The third-order valence-electron chi connectivity index (χ3n) is 6.78. The van der Waals surface area contributed by atoms with Gasteiger partial charge in [0.2, 0.25) is 5.91 Å². The molecule has 1 aliphatic rings. The molecule has 1 saturated heterocycles. The molecule has 3 aromatic heterocycles. The molecule has 198 valence electrons. The molecule has 1 aliphatic heterocycles. The SMILES string of the molecule is N#Cc1cccc(-c2nc(N)c3nc(Cc4c(F)cccc4CN[C@H]4CCNC4=O)nn3c2-c2ccncn2)c1. The molecule has 4 N–H and O–H groups in total. The topological polar surface area (TPSA) is 160 Å². The van der Waals surface area contributed by atoms with Crippen molar-refractivity contribution < 1.29 is 9.18 Å². The van der Waals surface area contributed by atoms with Gasteiger partial charge in [-0.1, -0.05) is 24.3 Å². The van der Waals surface area contributed by atoms with Crippen LogP contribution in [-0.4, -0.2) is 48.0 Å². The summed E-state index contributed by atoms with van der Waals surface area (Å²) >= 11 is 0. The van der Waals surface area contributed by atoms with Crippen LogP contribution in [0.1, 0.15) is 28.9 Å². The maximum Gasteiger partial charge on any atom is 0.237 e. The number of carbonyl (C=O) groups is 1. The average molecular weight is 535 g/mol. The number of rotatable bonds is 7. The summed E-state index contributed by atoms with van der Waals surface area (Å²) in [6.07, 6.45) is 3.77. The lowest BCUT2D eigenvalue weighted by atomic mass is 10.0. The van der Waals surface area contributed by atoms with E-state index >= 15 is 4.39 Å². The Bertz CT molecular complexity index is 1780. The molecule has 0 radical (unpaired) electrons. The highest BCUT2D eigenvalue weighted by atomic mass is 19.1. The van der Waals surface area contributed by atoms with Crippen molar-refractivity contribution in [2.45, 2.75) is 25.4 Å². The number of amides is 1. The van der Waals surface area contributed by atoms with Gasteiger partial charge in [0.1, 0.15) is 23.5 Å². The molecule has 2 aromatic carbocycles. The van der Waals surface area contributed by atoms with E-state index in [2.05, 4.69) is 36.6 Å². The lowest BCUT2D eigenvalue weighted by molar-refractivity contribution is -0.120. The first-order valence-electron chi connectivity index (χ1n) is 12.6. The zero-order chi connectivity index (χ0) is 27.6. The van der Waals surface area contributed by atoms with Gasteiger partial charge in [0.15, 0.2) is 17.3 Å². The molecule has 1 fully saturated rings. The van der Waals surface area contributed by atoms with E-state index in [0.717, 1.165) is 0 Å². The van der Waals surface area contributed by atoms with E-state index in [4.69, 9.17) is 10.8 Å². The fourth-order valence-electron chi connectivity index (χ4n) is 4.82. The van der Waals surface area contributed by atoms with Gasteiger partial charge < -0.3 is 16.4 Å². The third-order valence-corrected chi connectivity index (χ3v) is 6.78. The van der Waals surface area contributed by atoms with E-state index in [0.29, 0.717) is 70.3 Å². The zero-order valence-corrected chi connectivity index (χ0v) is 21.2. The molecule has 11 nitrogen and oxygen atoms in total. The lowest BCUT2D eigenvalue weighted by Gasteiger charge is -2.13. The number of halogens is 1. The Morgan fingerprint density at radius 3 is 2.85 bits per heavy atom. The van der Waals surface area contributed by atoms with Gasteiger partial charge in [0.05, 0.1) is 23.4 Å². The van der Waals surface area contributed by atoms with Crippen LogP contribution < -0.4 is 16.4 Å². The summed E-state index contributed by atoms with van der Waals surface area (Å²) in [5.41, 5.74) is 10.4. The largest absolute Gasteiger partial charge is 0.381 e. The lowest BCUT2D eigenvalue weighted by Crippen LogP contribution is -2.35. The minimum absolute atomic E-state index is 0.0590. The van der Waals surface area contributed by atoms with Crippen LogP contribution in [0.5, 0.6) is 0 Å². The highest BCUT2D eigenvalue weighted by molar-refractivity contribution is 5.84. The van der Waals surface area contributed by atoms with Crippen molar-refractivity contribution in [3.63, 3.8) is 0 Å². The van der Waals surface area contributed by atoms with Crippen molar-refractivity contribution in [3.05, 3.63) is 89.4 Å². The number of nitrogens with two attached hydrogens (primary N) is 1. The molecule has 0 unspecified atom stereocenters. The Hall–Kier alpha value is -5.28. The molecule has 0 saturated carbocycles. The van der Waals surface area contributed by atoms with Crippen molar-refractivity contribution in [1.29, 1.82) is 5.26 Å². The quantitative estimate of drug-likeness (QED) is 0.285. The summed E-state index contributed by atoms with van der Waals surface area (Å²) in [5.74, 6) is -0.00487. The molecule has 6 rings (SSSR count). The van der Waals surface area contributed by atoms with Crippen LogP contribution in [0.3, 0.4) is 0 Å². The maximum atomic E-state index is 15.1. The summed E-state index contributed by atoms with van der Waals surface area (Å²) in [5, 5.41) is 20.1. The predicted octanol–water partition coefficient (Wildman–Crippen LogP) is 2.41. The van der Waals surface area contributed by atoms with E-state index < -0.39 is 5.82 Å². The van der Waals surface area contributed by atoms with Gasteiger partial charge in [-0.3, -0.25) is 4.79 Å².